The van der Waals surface area contributed by atoms with Crippen LogP contribution in [-0.2, 0) is 19.1 Å². The molecule has 1 atom stereocenters. The molecule has 1 aromatic rings. The van der Waals surface area contributed by atoms with Gasteiger partial charge in [0.1, 0.15) is 6.10 Å². The van der Waals surface area contributed by atoms with Gasteiger partial charge in [-0.15, -0.1) is 0 Å². The lowest BCUT2D eigenvalue weighted by atomic mass is 9.87. The number of aliphatic carboxylic acids is 1. The third kappa shape index (κ3) is 19.9. The summed E-state index contributed by atoms with van der Waals surface area (Å²) in [5.41, 5.74) is -0.408. The van der Waals surface area contributed by atoms with Crippen LogP contribution in [0.1, 0.15) is 88.9 Å². The molecular formula is C35H50N2O6. The van der Waals surface area contributed by atoms with Crippen molar-refractivity contribution < 1.29 is 29.0 Å². The highest BCUT2D eigenvalue weighted by atomic mass is 16.6. The molecule has 1 heterocycles. The summed E-state index contributed by atoms with van der Waals surface area (Å²) in [5, 5.41) is 11.9. The van der Waals surface area contributed by atoms with Crippen molar-refractivity contribution in [1.29, 1.82) is 0 Å². The standard InChI is InChI=1S/C35H50N2O6/c1-4-5-6-7-8-9-10-11-12-13-14-15-16-17-18-19-20-23-33(40)42-29-35(2,3)31(28-37-26-24-32(38)39)43-34(41)30-22-21-25-36-27-30/h5-6,8-9,11-12,14-15,17-18,21-22,25,27,31,37H,4,7,10,13,16,19-20,23-24,26,28-29H2,1-3H3,(H,38,39)/b6-5-,9-8?,12-11?,15-14-,18-17-/t31-/m0/s1. The van der Waals surface area contributed by atoms with Crippen LogP contribution in [0.25, 0.3) is 0 Å². The molecule has 8 heteroatoms. The number of carbonyl (C=O) groups is 3. The highest BCUT2D eigenvalue weighted by molar-refractivity contribution is 5.89. The molecule has 2 N–H and O–H groups in total. The van der Waals surface area contributed by atoms with Crippen LogP contribution in [0.5, 0.6) is 0 Å². The van der Waals surface area contributed by atoms with Gasteiger partial charge in [0.25, 0.3) is 0 Å². The Morgan fingerprint density at radius 2 is 1.53 bits per heavy atom. The van der Waals surface area contributed by atoms with Crippen LogP contribution in [0.4, 0.5) is 0 Å². The van der Waals surface area contributed by atoms with E-state index in [1.165, 1.54) is 6.20 Å². The molecule has 0 unspecified atom stereocenters. The summed E-state index contributed by atoms with van der Waals surface area (Å²) >= 11 is 0. The van der Waals surface area contributed by atoms with E-state index >= 15 is 0 Å². The minimum absolute atomic E-state index is 0.0547. The second kappa shape index (κ2) is 23.7. The van der Waals surface area contributed by atoms with E-state index in [9.17, 15) is 14.4 Å². The van der Waals surface area contributed by atoms with Gasteiger partial charge in [-0.25, -0.2) is 4.79 Å². The summed E-state index contributed by atoms with van der Waals surface area (Å²) in [5.74, 6) is -1.78. The van der Waals surface area contributed by atoms with Crippen LogP contribution in [0.15, 0.2) is 85.3 Å². The maximum atomic E-state index is 12.7. The Morgan fingerprint density at radius 1 is 0.930 bits per heavy atom. The van der Waals surface area contributed by atoms with Crippen LogP contribution < -0.4 is 5.32 Å². The molecule has 43 heavy (non-hydrogen) atoms. The zero-order valence-corrected chi connectivity index (χ0v) is 26.1. The first-order chi connectivity index (χ1) is 20.8. The molecule has 0 bridgehead atoms. The second-order valence-electron chi connectivity index (χ2n) is 10.7. The summed E-state index contributed by atoms with van der Waals surface area (Å²) in [7, 11) is 0. The number of unbranched alkanes of at least 4 members (excludes halogenated alkanes) is 1. The van der Waals surface area contributed by atoms with Crippen molar-refractivity contribution in [2.75, 3.05) is 19.7 Å². The molecule has 0 radical (unpaired) electrons. The number of allylic oxidation sites excluding steroid dienone is 10. The molecular weight excluding hydrogens is 544 g/mol. The predicted molar refractivity (Wildman–Crippen MR) is 172 cm³/mol. The molecule has 236 valence electrons. The van der Waals surface area contributed by atoms with Gasteiger partial charge in [0.05, 0.1) is 18.6 Å². The van der Waals surface area contributed by atoms with Crippen molar-refractivity contribution in [2.24, 2.45) is 5.41 Å². The number of esters is 2. The lowest BCUT2D eigenvalue weighted by Gasteiger charge is -2.33. The van der Waals surface area contributed by atoms with E-state index in [4.69, 9.17) is 14.6 Å². The third-order valence-corrected chi connectivity index (χ3v) is 6.38. The van der Waals surface area contributed by atoms with E-state index < -0.39 is 23.5 Å². The van der Waals surface area contributed by atoms with Crippen LogP contribution in [-0.4, -0.2) is 53.8 Å². The Kier molecular flexibility index (Phi) is 20.6. The van der Waals surface area contributed by atoms with Crippen LogP contribution in [0.2, 0.25) is 0 Å². The molecule has 0 aromatic carbocycles. The van der Waals surface area contributed by atoms with E-state index in [2.05, 4.69) is 78.0 Å². The number of aromatic nitrogens is 1. The van der Waals surface area contributed by atoms with Crippen LogP contribution in [0, 0.1) is 5.41 Å². The second-order valence-corrected chi connectivity index (χ2v) is 10.7. The number of nitrogens with one attached hydrogen (secondary N) is 1. The average Bonchev–Trinajstić information content (AvgIpc) is 2.99. The van der Waals surface area contributed by atoms with Gasteiger partial charge in [0.2, 0.25) is 0 Å². The third-order valence-electron chi connectivity index (χ3n) is 6.38. The largest absolute Gasteiger partial charge is 0.481 e. The number of hydrogen-bond donors (Lipinski definition) is 2. The fourth-order valence-electron chi connectivity index (χ4n) is 3.75. The fraction of sp³-hybridized carbons (Fsp3) is 0.486. The van der Waals surface area contributed by atoms with Crippen molar-refractivity contribution in [2.45, 2.75) is 84.7 Å². The lowest BCUT2D eigenvalue weighted by molar-refractivity contribution is -0.149. The van der Waals surface area contributed by atoms with Crippen LogP contribution >= 0.6 is 0 Å². The Morgan fingerprint density at radius 3 is 2.09 bits per heavy atom. The Bertz CT molecular complexity index is 1070. The molecule has 1 aromatic heterocycles. The van der Waals surface area contributed by atoms with Gasteiger partial charge in [0, 0.05) is 37.3 Å². The highest BCUT2D eigenvalue weighted by Crippen LogP contribution is 2.25. The molecule has 0 saturated heterocycles. The minimum atomic E-state index is -0.922. The fourth-order valence-corrected chi connectivity index (χ4v) is 3.75. The quantitative estimate of drug-likeness (QED) is 0.0779. The van der Waals surface area contributed by atoms with Crippen molar-refractivity contribution in [1.82, 2.24) is 10.3 Å². The monoisotopic (exact) mass is 594 g/mol. The maximum Gasteiger partial charge on any atom is 0.340 e. The minimum Gasteiger partial charge on any atom is -0.481 e. The summed E-state index contributed by atoms with van der Waals surface area (Å²) in [6.07, 6.45) is 30.4. The maximum absolute atomic E-state index is 12.7. The first kappa shape index (κ1) is 37.2. The number of carbonyl (C=O) groups excluding carboxylic acids is 2. The first-order valence-corrected chi connectivity index (χ1v) is 15.2. The van der Waals surface area contributed by atoms with Gasteiger partial charge in [0.15, 0.2) is 0 Å². The molecule has 0 aliphatic rings. The van der Waals surface area contributed by atoms with Crippen molar-refractivity contribution >= 4 is 17.9 Å². The van der Waals surface area contributed by atoms with Gasteiger partial charge < -0.3 is 19.9 Å². The topological polar surface area (TPSA) is 115 Å². The Hall–Kier alpha value is -3.78. The Labute approximate surface area is 257 Å². The Balaban J connectivity index is 2.35. The van der Waals surface area contributed by atoms with E-state index in [0.29, 0.717) is 18.4 Å². The zero-order chi connectivity index (χ0) is 31.6. The number of carboxylic acid groups (broad SMARTS) is 1. The molecule has 8 nitrogen and oxygen atoms in total. The van der Waals surface area contributed by atoms with E-state index in [-0.39, 0.29) is 32.1 Å². The molecule has 0 spiro atoms. The molecule has 0 aliphatic heterocycles. The van der Waals surface area contributed by atoms with Crippen molar-refractivity contribution in [3.63, 3.8) is 0 Å². The van der Waals surface area contributed by atoms with Crippen molar-refractivity contribution in [3.05, 3.63) is 90.9 Å². The van der Waals surface area contributed by atoms with Gasteiger partial charge in [-0.05, 0) is 57.1 Å². The predicted octanol–water partition coefficient (Wildman–Crippen LogP) is 7.16. The number of nitrogens with zero attached hydrogens (tertiary/aromatic N) is 1. The molecule has 0 saturated carbocycles. The van der Waals surface area contributed by atoms with Gasteiger partial charge in [-0.2, -0.15) is 0 Å². The summed E-state index contributed by atoms with van der Waals surface area (Å²) in [6.45, 7) is 6.32. The first-order valence-electron chi connectivity index (χ1n) is 15.2. The number of pyridine rings is 1. The van der Waals surface area contributed by atoms with E-state index in [1.807, 2.05) is 13.8 Å². The number of hydrogen-bond acceptors (Lipinski definition) is 7. The van der Waals surface area contributed by atoms with Crippen molar-refractivity contribution in [3.8, 4) is 0 Å². The van der Waals surface area contributed by atoms with E-state index in [0.717, 1.165) is 38.5 Å². The summed E-state index contributed by atoms with van der Waals surface area (Å²) in [6, 6.07) is 3.25. The normalized spacial score (nSPS) is 13.1. The number of carboxylic acids is 1. The number of rotatable bonds is 23. The smallest absolute Gasteiger partial charge is 0.340 e. The van der Waals surface area contributed by atoms with Crippen LogP contribution in [0.3, 0.4) is 0 Å². The molecule has 0 fully saturated rings. The van der Waals surface area contributed by atoms with Gasteiger partial charge >= 0.3 is 17.9 Å². The number of ether oxygens (including phenoxy) is 2. The average molecular weight is 595 g/mol. The SMILES string of the molecule is CC/C=C\CC=CCC=CC/C=C\C/C=C\CCCC(=O)OCC(C)(C)[C@H](CNCCC(=O)O)OC(=O)c1cccnc1. The zero-order valence-electron chi connectivity index (χ0n) is 26.1. The van der Waals surface area contributed by atoms with E-state index in [1.54, 1.807) is 18.3 Å². The summed E-state index contributed by atoms with van der Waals surface area (Å²) < 4.78 is 11.3. The highest BCUT2D eigenvalue weighted by Gasteiger charge is 2.34. The summed E-state index contributed by atoms with van der Waals surface area (Å²) in [4.78, 5) is 39.8. The lowest BCUT2D eigenvalue weighted by Crippen LogP contribution is -2.45. The van der Waals surface area contributed by atoms with Gasteiger partial charge in [-0.3, -0.25) is 14.6 Å². The molecule has 1 rings (SSSR count). The molecule has 0 aliphatic carbocycles. The van der Waals surface area contributed by atoms with Gasteiger partial charge in [-0.1, -0.05) is 81.5 Å². The molecule has 0 amide bonds.